The van der Waals surface area contributed by atoms with Gasteiger partial charge in [-0.1, -0.05) is 45.9 Å². The third-order valence-electron chi connectivity index (χ3n) is 3.09. The van der Waals surface area contributed by atoms with Crippen LogP contribution in [-0.4, -0.2) is 32.7 Å². The lowest BCUT2D eigenvalue weighted by Crippen LogP contribution is -2.40. The summed E-state index contributed by atoms with van der Waals surface area (Å²) in [7, 11) is 1.78. The lowest BCUT2D eigenvalue weighted by molar-refractivity contribution is 0.317. The molecule has 21 heavy (non-hydrogen) atoms. The zero-order valence-corrected chi connectivity index (χ0v) is 13.9. The van der Waals surface area contributed by atoms with Crippen molar-refractivity contribution in [2.45, 2.75) is 33.6 Å². The Kier molecular flexibility index (Phi) is 7.65. The maximum absolute atomic E-state index is 5.87. The maximum atomic E-state index is 5.87. The third kappa shape index (κ3) is 6.52. The molecule has 0 spiro atoms. The average molecular weight is 291 g/mol. The summed E-state index contributed by atoms with van der Waals surface area (Å²) >= 11 is 0. The first-order chi connectivity index (χ1) is 10.0. The van der Waals surface area contributed by atoms with Crippen LogP contribution >= 0.6 is 0 Å². The summed E-state index contributed by atoms with van der Waals surface area (Å²) < 4.78 is 5.87. The number of nitrogens with one attached hydrogen (secondary N) is 2. The van der Waals surface area contributed by atoms with Gasteiger partial charge in [-0.3, -0.25) is 4.99 Å². The molecule has 0 aliphatic rings. The molecule has 0 aromatic heterocycles. The molecule has 0 saturated carbocycles. The number of hydrogen-bond acceptors (Lipinski definition) is 2. The van der Waals surface area contributed by atoms with E-state index in [0.29, 0.717) is 18.4 Å². The molecule has 0 heterocycles. The van der Waals surface area contributed by atoms with Gasteiger partial charge in [-0.15, -0.1) is 0 Å². The van der Waals surface area contributed by atoms with Crippen LogP contribution in [-0.2, 0) is 0 Å². The quantitative estimate of drug-likeness (QED) is 0.461. The number of aliphatic imine (C=N–C) groups is 1. The monoisotopic (exact) mass is 291 g/mol. The molecule has 0 radical (unpaired) electrons. The Balaban J connectivity index is 2.37. The first-order valence-corrected chi connectivity index (χ1v) is 7.70. The van der Waals surface area contributed by atoms with Gasteiger partial charge in [-0.05, 0) is 23.5 Å². The van der Waals surface area contributed by atoms with E-state index in [-0.39, 0.29) is 0 Å². The topological polar surface area (TPSA) is 45.7 Å². The van der Waals surface area contributed by atoms with Crippen LogP contribution in [0.1, 0.15) is 39.2 Å². The van der Waals surface area contributed by atoms with Gasteiger partial charge in [-0.25, -0.2) is 0 Å². The fourth-order valence-corrected chi connectivity index (χ4v) is 1.94. The lowest BCUT2D eigenvalue weighted by atomic mass is 10.0. The first-order valence-electron chi connectivity index (χ1n) is 7.70. The highest BCUT2D eigenvalue weighted by Gasteiger charge is 2.06. The van der Waals surface area contributed by atoms with E-state index in [9.17, 15) is 0 Å². The fourth-order valence-electron chi connectivity index (χ4n) is 1.94. The normalized spacial score (nSPS) is 11.9. The number of nitrogens with zero attached hydrogens (tertiary/aromatic N) is 1. The van der Waals surface area contributed by atoms with E-state index in [4.69, 9.17) is 4.74 Å². The highest BCUT2D eigenvalue weighted by atomic mass is 16.5. The van der Waals surface area contributed by atoms with Crippen LogP contribution in [0.5, 0.6) is 5.75 Å². The molecule has 2 N–H and O–H groups in total. The van der Waals surface area contributed by atoms with Gasteiger partial charge in [-0.2, -0.15) is 0 Å². The van der Waals surface area contributed by atoms with Gasteiger partial charge < -0.3 is 15.4 Å². The van der Waals surface area contributed by atoms with Gasteiger partial charge in [0.1, 0.15) is 12.4 Å². The summed E-state index contributed by atoms with van der Waals surface area (Å²) in [5, 5.41) is 6.54. The molecule has 0 unspecified atom stereocenters. The van der Waals surface area contributed by atoms with Gasteiger partial charge in [0.05, 0.1) is 6.54 Å². The summed E-state index contributed by atoms with van der Waals surface area (Å²) in [5.41, 5.74) is 1.25. The molecule has 0 aliphatic carbocycles. The fraction of sp³-hybridized carbons (Fsp3) is 0.588. The number of benzene rings is 1. The van der Waals surface area contributed by atoms with E-state index in [1.54, 1.807) is 7.05 Å². The number of rotatable bonds is 7. The Morgan fingerprint density at radius 1 is 1.14 bits per heavy atom. The van der Waals surface area contributed by atoms with Crippen LogP contribution < -0.4 is 15.4 Å². The number of ether oxygens (including phenoxy) is 1. The molecule has 0 amide bonds. The Hall–Kier alpha value is -1.71. The van der Waals surface area contributed by atoms with Crippen molar-refractivity contribution >= 4 is 5.96 Å². The second kappa shape index (κ2) is 9.27. The Labute approximate surface area is 129 Å². The van der Waals surface area contributed by atoms with Crippen molar-refractivity contribution in [2.24, 2.45) is 10.9 Å². The zero-order chi connectivity index (χ0) is 15.7. The number of guanidine groups is 1. The highest BCUT2D eigenvalue weighted by Crippen LogP contribution is 2.25. The molecule has 0 atom stereocenters. The van der Waals surface area contributed by atoms with Crippen molar-refractivity contribution in [1.82, 2.24) is 10.6 Å². The SMILES string of the molecule is CN=C(NCCOc1ccccc1C(C)C)NCC(C)C. The average Bonchev–Trinajstić information content (AvgIpc) is 2.46. The zero-order valence-electron chi connectivity index (χ0n) is 13.9. The molecule has 0 saturated heterocycles. The van der Waals surface area contributed by atoms with Crippen LogP contribution in [0.3, 0.4) is 0 Å². The summed E-state index contributed by atoms with van der Waals surface area (Å²) in [5.74, 6) is 2.86. The minimum Gasteiger partial charge on any atom is -0.491 e. The van der Waals surface area contributed by atoms with Gasteiger partial charge in [0.15, 0.2) is 5.96 Å². The van der Waals surface area contributed by atoms with Crippen molar-refractivity contribution < 1.29 is 4.74 Å². The summed E-state index contributed by atoms with van der Waals surface area (Å²) in [6.45, 7) is 11.0. The van der Waals surface area contributed by atoms with Gasteiger partial charge >= 0.3 is 0 Å². The largest absolute Gasteiger partial charge is 0.491 e. The Morgan fingerprint density at radius 3 is 2.48 bits per heavy atom. The molecular weight excluding hydrogens is 262 g/mol. The third-order valence-corrected chi connectivity index (χ3v) is 3.09. The van der Waals surface area contributed by atoms with Crippen molar-refractivity contribution in [3.8, 4) is 5.75 Å². The minimum absolute atomic E-state index is 0.467. The van der Waals surface area contributed by atoms with E-state index in [1.165, 1.54) is 5.56 Å². The standard InChI is InChI=1S/C17H29N3O/c1-13(2)12-20-17(18-5)19-10-11-21-16-9-7-6-8-15(16)14(3)4/h6-9,13-14H,10-12H2,1-5H3,(H2,18,19,20). The van der Waals surface area contributed by atoms with Crippen molar-refractivity contribution in [2.75, 3.05) is 26.7 Å². The molecule has 0 aliphatic heterocycles. The smallest absolute Gasteiger partial charge is 0.191 e. The summed E-state index contributed by atoms with van der Waals surface area (Å²) in [4.78, 5) is 4.19. The molecule has 118 valence electrons. The molecule has 1 rings (SSSR count). The summed E-state index contributed by atoms with van der Waals surface area (Å²) in [6, 6.07) is 8.22. The molecule has 1 aromatic carbocycles. The van der Waals surface area contributed by atoms with Crippen LogP contribution in [0, 0.1) is 5.92 Å². The predicted octanol–water partition coefficient (Wildman–Crippen LogP) is 3.01. The lowest BCUT2D eigenvalue weighted by Gasteiger charge is -2.16. The van der Waals surface area contributed by atoms with Crippen molar-refractivity contribution in [3.63, 3.8) is 0 Å². The van der Waals surface area contributed by atoms with Crippen LogP contribution in [0.15, 0.2) is 29.3 Å². The van der Waals surface area contributed by atoms with E-state index in [0.717, 1.165) is 24.8 Å². The molecule has 1 aromatic rings. The Bertz CT molecular complexity index is 441. The van der Waals surface area contributed by atoms with Crippen LogP contribution in [0.4, 0.5) is 0 Å². The summed E-state index contributed by atoms with van der Waals surface area (Å²) in [6.07, 6.45) is 0. The highest BCUT2D eigenvalue weighted by molar-refractivity contribution is 5.79. The second-order valence-electron chi connectivity index (χ2n) is 5.81. The number of hydrogen-bond donors (Lipinski definition) is 2. The van der Waals surface area contributed by atoms with E-state index >= 15 is 0 Å². The van der Waals surface area contributed by atoms with E-state index < -0.39 is 0 Å². The molecule has 4 nitrogen and oxygen atoms in total. The van der Waals surface area contributed by atoms with Gasteiger partial charge in [0.25, 0.3) is 0 Å². The number of para-hydroxylation sites is 1. The molecular formula is C17H29N3O. The minimum atomic E-state index is 0.467. The van der Waals surface area contributed by atoms with Crippen molar-refractivity contribution in [3.05, 3.63) is 29.8 Å². The maximum Gasteiger partial charge on any atom is 0.191 e. The molecule has 0 fully saturated rings. The van der Waals surface area contributed by atoms with Crippen LogP contribution in [0.25, 0.3) is 0 Å². The van der Waals surface area contributed by atoms with Gasteiger partial charge in [0, 0.05) is 13.6 Å². The molecule has 4 heteroatoms. The first kappa shape index (κ1) is 17.3. The van der Waals surface area contributed by atoms with Crippen molar-refractivity contribution in [1.29, 1.82) is 0 Å². The Morgan fingerprint density at radius 2 is 1.86 bits per heavy atom. The van der Waals surface area contributed by atoms with E-state index in [1.807, 2.05) is 12.1 Å². The van der Waals surface area contributed by atoms with Crippen LogP contribution in [0.2, 0.25) is 0 Å². The predicted molar refractivity (Wildman–Crippen MR) is 90.2 cm³/mol. The van der Waals surface area contributed by atoms with E-state index in [2.05, 4.69) is 55.5 Å². The second-order valence-corrected chi connectivity index (χ2v) is 5.81. The molecule has 0 bridgehead atoms. The van der Waals surface area contributed by atoms with Gasteiger partial charge in [0.2, 0.25) is 0 Å².